The van der Waals surface area contributed by atoms with Gasteiger partial charge in [-0.2, -0.15) is 5.10 Å². The summed E-state index contributed by atoms with van der Waals surface area (Å²) in [7, 11) is 2.17. The molecule has 0 atom stereocenters. The molecule has 0 radical (unpaired) electrons. The standard InChI is InChI=1S/C29H32N8O/c1-29(2,3)28(38)32-20-13-19(16-30-17-20)18-5-6-23-21(14-18)26(35-34-23)24-15-22-25(7-8-31-27(22)33-24)37-11-9-36(4)10-12-37/h5-8,13-17H,9-12H2,1-4H3,(H,31,33)(H,32,38)(H,34,35). The number of hydrogen-bond donors (Lipinski definition) is 3. The van der Waals surface area contributed by atoms with Gasteiger partial charge in [0.2, 0.25) is 5.91 Å². The number of carbonyl (C=O) groups is 1. The Hall–Kier alpha value is -4.24. The Labute approximate surface area is 221 Å². The monoisotopic (exact) mass is 508 g/mol. The van der Waals surface area contributed by atoms with E-state index in [9.17, 15) is 4.79 Å². The van der Waals surface area contributed by atoms with Gasteiger partial charge in [-0.15, -0.1) is 0 Å². The number of amides is 1. The summed E-state index contributed by atoms with van der Waals surface area (Å²) in [6.45, 7) is 9.75. The van der Waals surface area contributed by atoms with Crippen LogP contribution in [0.1, 0.15) is 20.8 Å². The Balaban J connectivity index is 1.35. The number of H-pyrrole nitrogens is 2. The Kier molecular flexibility index (Phi) is 5.87. The molecule has 5 heterocycles. The molecule has 1 aliphatic rings. The van der Waals surface area contributed by atoms with Gasteiger partial charge in [-0.05, 0) is 42.9 Å². The first kappa shape index (κ1) is 24.1. The lowest BCUT2D eigenvalue weighted by atomic mass is 9.95. The third-order valence-corrected chi connectivity index (χ3v) is 7.18. The highest BCUT2D eigenvalue weighted by Crippen LogP contribution is 2.34. The van der Waals surface area contributed by atoms with E-state index < -0.39 is 5.41 Å². The number of fused-ring (bicyclic) bond motifs is 2. The van der Waals surface area contributed by atoms with Crippen LogP contribution in [0.3, 0.4) is 0 Å². The number of carbonyl (C=O) groups excluding carboxylic acids is 1. The van der Waals surface area contributed by atoms with Gasteiger partial charge in [0.25, 0.3) is 0 Å². The summed E-state index contributed by atoms with van der Waals surface area (Å²) < 4.78 is 0. The van der Waals surface area contributed by atoms with E-state index in [2.05, 4.69) is 65.5 Å². The first-order valence-corrected chi connectivity index (χ1v) is 12.9. The molecule has 0 aliphatic carbocycles. The molecule has 4 aromatic heterocycles. The van der Waals surface area contributed by atoms with E-state index in [0.29, 0.717) is 5.69 Å². The van der Waals surface area contributed by atoms with Crippen LogP contribution >= 0.6 is 0 Å². The number of nitrogens with zero attached hydrogens (tertiary/aromatic N) is 5. The average molecular weight is 509 g/mol. The third-order valence-electron chi connectivity index (χ3n) is 7.18. The summed E-state index contributed by atoms with van der Waals surface area (Å²) in [4.78, 5) is 29.7. The smallest absolute Gasteiger partial charge is 0.229 e. The normalized spacial score (nSPS) is 14.9. The Morgan fingerprint density at radius 1 is 0.974 bits per heavy atom. The van der Waals surface area contributed by atoms with Gasteiger partial charge in [0.15, 0.2) is 0 Å². The molecule has 0 saturated carbocycles. The number of anilines is 2. The fourth-order valence-electron chi connectivity index (χ4n) is 4.85. The van der Waals surface area contributed by atoms with Crippen LogP contribution in [0.2, 0.25) is 0 Å². The van der Waals surface area contributed by atoms with E-state index >= 15 is 0 Å². The number of hydrogen-bond acceptors (Lipinski definition) is 6. The zero-order valence-electron chi connectivity index (χ0n) is 22.2. The first-order valence-electron chi connectivity index (χ1n) is 12.9. The number of rotatable bonds is 4. The van der Waals surface area contributed by atoms with Crippen LogP contribution in [0.25, 0.3) is 44.5 Å². The topological polar surface area (TPSA) is 106 Å². The number of aromatic amines is 2. The van der Waals surface area contributed by atoms with Crippen molar-refractivity contribution in [1.29, 1.82) is 0 Å². The van der Waals surface area contributed by atoms with E-state index in [-0.39, 0.29) is 5.91 Å². The highest BCUT2D eigenvalue weighted by atomic mass is 16.2. The predicted molar refractivity (Wildman–Crippen MR) is 152 cm³/mol. The van der Waals surface area contributed by atoms with Gasteiger partial charge in [0, 0.05) is 66.0 Å². The van der Waals surface area contributed by atoms with Gasteiger partial charge < -0.3 is 20.1 Å². The van der Waals surface area contributed by atoms with Gasteiger partial charge >= 0.3 is 0 Å². The molecule has 3 N–H and O–H groups in total. The van der Waals surface area contributed by atoms with E-state index in [1.807, 2.05) is 51.4 Å². The number of piperazine rings is 1. The molecule has 1 saturated heterocycles. The van der Waals surface area contributed by atoms with Crippen molar-refractivity contribution >= 4 is 39.2 Å². The minimum Gasteiger partial charge on any atom is -0.368 e. The molecule has 0 spiro atoms. The molecular weight excluding hydrogens is 476 g/mol. The second kappa shape index (κ2) is 9.25. The Bertz CT molecular complexity index is 1640. The van der Waals surface area contributed by atoms with Crippen LogP contribution in [0.15, 0.2) is 55.0 Å². The minimum absolute atomic E-state index is 0.0487. The molecule has 194 valence electrons. The van der Waals surface area contributed by atoms with Crippen LogP contribution in [-0.2, 0) is 4.79 Å². The van der Waals surface area contributed by atoms with Crippen LogP contribution in [-0.4, -0.2) is 69.2 Å². The molecule has 9 heteroatoms. The van der Waals surface area contributed by atoms with Crippen LogP contribution in [0.5, 0.6) is 0 Å². The molecule has 38 heavy (non-hydrogen) atoms. The van der Waals surface area contributed by atoms with Crippen LogP contribution in [0.4, 0.5) is 11.4 Å². The van der Waals surface area contributed by atoms with Crippen molar-refractivity contribution in [2.75, 3.05) is 43.4 Å². The molecule has 5 aromatic rings. The summed E-state index contributed by atoms with van der Waals surface area (Å²) in [5.74, 6) is -0.0487. The van der Waals surface area contributed by atoms with Gasteiger partial charge in [-0.1, -0.05) is 26.8 Å². The zero-order valence-corrected chi connectivity index (χ0v) is 22.2. The highest BCUT2D eigenvalue weighted by Gasteiger charge is 2.22. The Morgan fingerprint density at radius 3 is 2.58 bits per heavy atom. The van der Waals surface area contributed by atoms with Crippen molar-refractivity contribution in [2.45, 2.75) is 20.8 Å². The van der Waals surface area contributed by atoms with Crippen LogP contribution in [0, 0.1) is 5.41 Å². The second-order valence-electron chi connectivity index (χ2n) is 11.1. The van der Waals surface area contributed by atoms with Crippen LogP contribution < -0.4 is 10.2 Å². The maximum Gasteiger partial charge on any atom is 0.229 e. The second-order valence-corrected chi connectivity index (χ2v) is 11.1. The molecule has 0 unspecified atom stereocenters. The summed E-state index contributed by atoms with van der Waals surface area (Å²) in [5, 5.41) is 12.9. The molecule has 0 bridgehead atoms. The van der Waals surface area contributed by atoms with E-state index in [4.69, 9.17) is 0 Å². The summed E-state index contributed by atoms with van der Waals surface area (Å²) in [6.07, 6.45) is 5.35. The van der Waals surface area contributed by atoms with Crippen molar-refractivity contribution < 1.29 is 4.79 Å². The number of nitrogens with one attached hydrogen (secondary N) is 3. The first-order chi connectivity index (χ1) is 18.3. The van der Waals surface area contributed by atoms with Gasteiger partial charge in [0.05, 0.1) is 23.1 Å². The number of aromatic nitrogens is 5. The number of likely N-dealkylation sites (N-methyl/N-ethyl adjacent to an activating group) is 1. The van der Waals surface area contributed by atoms with Gasteiger partial charge in [-0.25, -0.2) is 4.98 Å². The molecule has 9 nitrogen and oxygen atoms in total. The quantitative estimate of drug-likeness (QED) is 0.319. The average Bonchev–Trinajstić information content (AvgIpc) is 3.52. The lowest BCUT2D eigenvalue weighted by Crippen LogP contribution is -2.44. The van der Waals surface area contributed by atoms with E-state index in [1.165, 1.54) is 5.69 Å². The zero-order chi connectivity index (χ0) is 26.4. The van der Waals surface area contributed by atoms with E-state index in [0.717, 1.165) is 70.6 Å². The largest absolute Gasteiger partial charge is 0.368 e. The molecule has 1 aromatic carbocycles. The van der Waals surface area contributed by atoms with E-state index in [1.54, 1.807) is 6.20 Å². The molecule has 1 aliphatic heterocycles. The Morgan fingerprint density at radius 2 is 1.79 bits per heavy atom. The summed E-state index contributed by atoms with van der Waals surface area (Å²) in [6, 6.07) is 12.4. The highest BCUT2D eigenvalue weighted by molar-refractivity contribution is 6.00. The molecular formula is C29H32N8O. The SMILES string of the molecule is CN1CCN(c2ccnc3[nH]c(-c4n[nH]c5ccc(-c6cncc(NC(=O)C(C)(C)C)c6)cc45)cc23)CC1. The number of pyridine rings is 2. The fraction of sp³-hybridized carbons (Fsp3) is 0.310. The lowest BCUT2D eigenvalue weighted by Gasteiger charge is -2.34. The van der Waals surface area contributed by atoms with Crippen molar-refractivity contribution in [3.05, 3.63) is 55.0 Å². The summed E-state index contributed by atoms with van der Waals surface area (Å²) >= 11 is 0. The lowest BCUT2D eigenvalue weighted by molar-refractivity contribution is -0.123. The minimum atomic E-state index is -0.487. The molecule has 6 rings (SSSR count). The third kappa shape index (κ3) is 4.50. The van der Waals surface area contributed by atoms with Crippen molar-refractivity contribution in [2.24, 2.45) is 5.41 Å². The fourth-order valence-corrected chi connectivity index (χ4v) is 4.85. The maximum atomic E-state index is 12.5. The molecule has 1 amide bonds. The summed E-state index contributed by atoms with van der Waals surface area (Å²) in [5.41, 5.74) is 6.86. The van der Waals surface area contributed by atoms with Gasteiger partial charge in [0.1, 0.15) is 11.3 Å². The maximum absolute atomic E-state index is 12.5. The number of benzene rings is 1. The molecule has 1 fully saturated rings. The van der Waals surface area contributed by atoms with Gasteiger partial charge in [-0.3, -0.25) is 14.9 Å². The van der Waals surface area contributed by atoms with Crippen molar-refractivity contribution in [1.82, 2.24) is 30.0 Å². The van der Waals surface area contributed by atoms with Crippen molar-refractivity contribution in [3.8, 4) is 22.5 Å². The van der Waals surface area contributed by atoms with Crippen molar-refractivity contribution in [3.63, 3.8) is 0 Å². The predicted octanol–water partition coefficient (Wildman–Crippen LogP) is 4.90.